The molecule has 1 rings (SSSR count). The molecular formula is C18H32Si2. The Labute approximate surface area is 128 Å². The van der Waals surface area contributed by atoms with Gasteiger partial charge < -0.3 is 0 Å². The quantitative estimate of drug-likeness (QED) is 0.503. The third-order valence-electron chi connectivity index (χ3n) is 4.14. The first-order valence-electron chi connectivity index (χ1n) is 7.83. The van der Waals surface area contributed by atoms with E-state index in [0.29, 0.717) is 0 Å². The minimum Gasteiger partial charge on any atom is -0.0952 e. The molecule has 0 nitrogen and oxygen atoms in total. The topological polar surface area (TPSA) is 0 Å². The summed E-state index contributed by atoms with van der Waals surface area (Å²) in [4.78, 5) is 0. The third-order valence-corrected chi connectivity index (χ3v) is 8.87. The van der Waals surface area contributed by atoms with Crippen LogP contribution in [0, 0.1) is 0 Å². The Bertz CT molecular complexity index is 421. The maximum absolute atomic E-state index is 4.36. The average molecular weight is 305 g/mol. The van der Waals surface area contributed by atoms with E-state index in [4.69, 9.17) is 0 Å². The number of allylic oxidation sites excluding steroid dienone is 1. The summed E-state index contributed by atoms with van der Waals surface area (Å²) in [5, 5.41) is 0. The summed E-state index contributed by atoms with van der Waals surface area (Å²) >= 11 is 0. The zero-order valence-corrected chi connectivity index (χ0v) is 16.3. The zero-order chi connectivity index (χ0) is 15.4. The molecule has 0 aliphatic heterocycles. The molecule has 0 fully saturated rings. The van der Waals surface area contributed by atoms with Gasteiger partial charge in [0.2, 0.25) is 0 Å². The van der Waals surface area contributed by atoms with Gasteiger partial charge in [0.05, 0.1) is 0 Å². The van der Waals surface area contributed by atoms with E-state index < -0.39 is 16.1 Å². The molecule has 0 saturated carbocycles. The number of benzene rings is 1. The molecule has 0 heterocycles. The molecule has 0 aliphatic carbocycles. The maximum Gasteiger partial charge on any atom is 0.0476 e. The van der Waals surface area contributed by atoms with Gasteiger partial charge in [-0.05, 0) is 23.1 Å². The van der Waals surface area contributed by atoms with E-state index in [1.165, 1.54) is 30.0 Å². The van der Waals surface area contributed by atoms with Crippen molar-refractivity contribution in [2.45, 2.75) is 63.7 Å². The van der Waals surface area contributed by atoms with E-state index in [-0.39, 0.29) is 0 Å². The SMILES string of the molecule is C=C(CC(CC[Si](C)(C)C)[Si](C)(C)C)c1ccccc1. The van der Waals surface area contributed by atoms with E-state index in [1.54, 1.807) is 0 Å². The van der Waals surface area contributed by atoms with Crippen molar-refractivity contribution in [1.29, 1.82) is 0 Å². The molecule has 0 aliphatic rings. The number of hydrogen-bond acceptors (Lipinski definition) is 0. The van der Waals surface area contributed by atoms with Crippen LogP contribution in [-0.4, -0.2) is 16.1 Å². The second-order valence-electron chi connectivity index (χ2n) is 8.34. The van der Waals surface area contributed by atoms with E-state index in [9.17, 15) is 0 Å². The third kappa shape index (κ3) is 6.23. The summed E-state index contributed by atoms with van der Waals surface area (Å²) in [7, 11) is -2.06. The van der Waals surface area contributed by atoms with Crippen molar-refractivity contribution in [2.24, 2.45) is 0 Å². The maximum atomic E-state index is 4.36. The molecule has 1 atom stereocenters. The van der Waals surface area contributed by atoms with Crippen molar-refractivity contribution in [1.82, 2.24) is 0 Å². The first-order chi connectivity index (χ1) is 9.09. The van der Waals surface area contributed by atoms with Gasteiger partial charge >= 0.3 is 0 Å². The largest absolute Gasteiger partial charge is 0.0952 e. The molecule has 2 heteroatoms. The lowest BCUT2D eigenvalue weighted by Crippen LogP contribution is -2.30. The molecule has 1 aromatic carbocycles. The lowest BCUT2D eigenvalue weighted by Gasteiger charge is -2.32. The van der Waals surface area contributed by atoms with Gasteiger partial charge in [0.1, 0.15) is 0 Å². The van der Waals surface area contributed by atoms with Crippen molar-refractivity contribution in [3.63, 3.8) is 0 Å². The van der Waals surface area contributed by atoms with Gasteiger partial charge in [0.25, 0.3) is 0 Å². The zero-order valence-electron chi connectivity index (χ0n) is 14.3. The normalized spacial score (nSPS) is 14.1. The number of hydrogen-bond donors (Lipinski definition) is 0. The second kappa shape index (κ2) is 6.90. The van der Waals surface area contributed by atoms with Gasteiger partial charge in [-0.15, -0.1) is 0 Å². The summed E-state index contributed by atoms with van der Waals surface area (Å²) in [6.07, 6.45) is 2.58. The van der Waals surface area contributed by atoms with Crippen LogP contribution in [0.3, 0.4) is 0 Å². The fourth-order valence-electron chi connectivity index (χ4n) is 2.54. The van der Waals surface area contributed by atoms with Gasteiger partial charge in [0.15, 0.2) is 0 Å². The molecule has 0 N–H and O–H groups in total. The van der Waals surface area contributed by atoms with Crippen molar-refractivity contribution in [3.05, 3.63) is 42.5 Å². The fraction of sp³-hybridized carbons (Fsp3) is 0.556. The summed E-state index contributed by atoms with van der Waals surface area (Å²) in [5.41, 5.74) is 3.51. The van der Waals surface area contributed by atoms with Crippen LogP contribution in [-0.2, 0) is 0 Å². The first kappa shape index (κ1) is 17.4. The van der Waals surface area contributed by atoms with Crippen LogP contribution >= 0.6 is 0 Å². The van der Waals surface area contributed by atoms with Crippen LogP contribution in [0.15, 0.2) is 36.9 Å². The molecule has 20 heavy (non-hydrogen) atoms. The molecule has 0 saturated heterocycles. The lowest BCUT2D eigenvalue weighted by atomic mass is 10.0. The minimum absolute atomic E-state index is 0.863. The van der Waals surface area contributed by atoms with E-state index in [1.807, 2.05) is 0 Å². The Kier molecular flexibility index (Phi) is 6.02. The van der Waals surface area contributed by atoms with E-state index in [0.717, 1.165) is 5.54 Å². The molecule has 0 amide bonds. The highest BCUT2D eigenvalue weighted by molar-refractivity contribution is 6.78. The Morgan fingerprint density at radius 1 is 1.00 bits per heavy atom. The van der Waals surface area contributed by atoms with Crippen LogP contribution in [0.4, 0.5) is 0 Å². The van der Waals surface area contributed by atoms with Crippen LogP contribution in [0.5, 0.6) is 0 Å². The van der Waals surface area contributed by atoms with Gasteiger partial charge in [-0.2, -0.15) is 0 Å². The van der Waals surface area contributed by atoms with Crippen LogP contribution in [0.1, 0.15) is 18.4 Å². The highest BCUT2D eigenvalue weighted by Crippen LogP contribution is 2.37. The summed E-state index contributed by atoms with van der Waals surface area (Å²) < 4.78 is 0. The van der Waals surface area contributed by atoms with E-state index in [2.05, 4.69) is 76.2 Å². The Morgan fingerprint density at radius 3 is 2.00 bits per heavy atom. The van der Waals surface area contributed by atoms with Crippen molar-refractivity contribution in [2.75, 3.05) is 0 Å². The fourth-order valence-corrected chi connectivity index (χ4v) is 5.91. The Hall–Kier alpha value is -0.606. The molecular weight excluding hydrogens is 272 g/mol. The van der Waals surface area contributed by atoms with Crippen LogP contribution in [0.2, 0.25) is 50.9 Å². The molecule has 112 valence electrons. The summed E-state index contributed by atoms with van der Waals surface area (Å²) in [5.74, 6) is 0. The molecule has 0 radical (unpaired) electrons. The lowest BCUT2D eigenvalue weighted by molar-refractivity contribution is 0.777. The Morgan fingerprint density at radius 2 is 1.55 bits per heavy atom. The van der Waals surface area contributed by atoms with Gasteiger partial charge in [0, 0.05) is 16.1 Å². The Balaban J connectivity index is 2.73. The summed E-state index contributed by atoms with van der Waals surface area (Å²) in [6.45, 7) is 19.4. The van der Waals surface area contributed by atoms with Crippen LogP contribution in [0.25, 0.3) is 5.57 Å². The minimum atomic E-state index is -1.12. The van der Waals surface area contributed by atoms with Crippen molar-refractivity contribution in [3.8, 4) is 0 Å². The molecule has 1 unspecified atom stereocenters. The molecule has 0 bridgehead atoms. The first-order valence-corrected chi connectivity index (χ1v) is 15.1. The average Bonchev–Trinajstić information content (AvgIpc) is 2.32. The molecule has 0 aromatic heterocycles. The molecule has 0 spiro atoms. The van der Waals surface area contributed by atoms with Crippen molar-refractivity contribution < 1.29 is 0 Å². The van der Waals surface area contributed by atoms with Crippen LogP contribution < -0.4 is 0 Å². The van der Waals surface area contributed by atoms with Gasteiger partial charge in [-0.1, -0.05) is 88.7 Å². The predicted molar refractivity (Wildman–Crippen MR) is 100.0 cm³/mol. The predicted octanol–water partition coefficient (Wildman–Crippen LogP) is 6.53. The highest BCUT2D eigenvalue weighted by atomic mass is 28.3. The monoisotopic (exact) mass is 304 g/mol. The number of rotatable bonds is 7. The van der Waals surface area contributed by atoms with Gasteiger partial charge in [-0.25, -0.2) is 0 Å². The highest BCUT2D eigenvalue weighted by Gasteiger charge is 2.28. The molecule has 1 aromatic rings. The second-order valence-corrected chi connectivity index (χ2v) is 19.5. The van der Waals surface area contributed by atoms with Crippen molar-refractivity contribution >= 4 is 21.7 Å². The van der Waals surface area contributed by atoms with Gasteiger partial charge in [-0.3, -0.25) is 0 Å². The smallest absolute Gasteiger partial charge is 0.0476 e. The van der Waals surface area contributed by atoms with E-state index >= 15 is 0 Å². The standard InChI is InChI=1S/C18H32Si2/c1-16(17-11-9-8-10-12-17)15-18(20(5,6)7)13-14-19(2,3)4/h8-12,18H,1,13-15H2,2-7H3. The summed E-state index contributed by atoms with van der Waals surface area (Å²) in [6, 6.07) is 12.2.